The molecule has 0 saturated carbocycles. The lowest BCUT2D eigenvalue weighted by molar-refractivity contribution is 0.250. The quantitative estimate of drug-likeness (QED) is 0.863. The van der Waals surface area contributed by atoms with E-state index < -0.39 is 9.84 Å². The molecule has 0 spiro atoms. The smallest absolute Gasteiger partial charge is 0.319 e. The summed E-state index contributed by atoms with van der Waals surface area (Å²) in [6.45, 7) is 3.71. The van der Waals surface area contributed by atoms with E-state index in [9.17, 15) is 13.2 Å². The molecule has 17 heavy (non-hydrogen) atoms. The fourth-order valence-electron chi connectivity index (χ4n) is 1.21. The molecule has 0 aliphatic heterocycles. The van der Waals surface area contributed by atoms with Crippen LogP contribution in [0.1, 0.15) is 13.8 Å². The summed E-state index contributed by atoms with van der Waals surface area (Å²) in [5, 5.41) is 5.27. The zero-order valence-corrected chi connectivity index (χ0v) is 10.8. The highest BCUT2D eigenvalue weighted by Gasteiger charge is 2.07. The molecule has 0 aliphatic carbocycles. The first-order valence-corrected chi connectivity index (χ1v) is 7.06. The number of nitrogens with one attached hydrogen (secondary N) is 2. The summed E-state index contributed by atoms with van der Waals surface area (Å²) in [5.41, 5.74) is 0.551. The highest BCUT2D eigenvalue weighted by atomic mass is 32.2. The van der Waals surface area contributed by atoms with Gasteiger partial charge in [-0.3, -0.25) is 0 Å². The number of anilines is 1. The Bertz CT molecular complexity index is 492. The molecule has 2 amide bonds. The maximum absolute atomic E-state index is 11.4. The van der Waals surface area contributed by atoms with E-state index in [4.69, 9.17) is 0 Å². The Hall–Kier alpha value is -1.56. The normalized spacial score (nSPS) is 11.3. The molecule has 1 aromatic carbocycles. The third-order valence-electron chi connectivity index (χ3n) is 1.96. The molecule has 1 aromatic rings. The maximum atomic E-state index is 11.4. The molecular formula is C11H16N2O3S. The van der Waals surface area contributed by atoms with Crippen LogP contribution in [0.25, 0.3) is 0 Å². The summed E-state index contributed by atoms with van der Waals surface area (Å²) in [4.78, 5) is 11.6. The van der Waals surface area contributed by atoms with Gasteiger partial charge in [-0.15, -0.1) is 0 Å². The van der Waals surface area contributed by atoms with Gasteiger partial charge in [0, 0.05) is 18.0 Å². The molecule has 0 radical (unpaired) electrons. The van der Waals surface area contributed by atoms with Crippen LogP contribution in [0.15, 0.2) is 29.2 Å². The monoisotopic (exact) mass is 256 g/mol. The third kappa shape index (κ3) is 4.44. The van der Waals surface area contributed by atoms with Crippen molar-refractivity contribution >= 4 is 21.6 Å². The Morgan fingerprint density at radius 1 is 1.18 bits per heavy atom. The second-order valence-corrected chi connectivity index (χ2v) is 6.07. The van der Waals surface area contributed by atoms with Gasteiger partial charge in [0.15, 0.2) is 9.84 Å². The predicted octanol–water partition coefficient (Wildman–Crippen LogP) is 1.62. The molecule has 1 rings (SSSR count). The lowest BCUT2D eigenvalue weighted by atomic mass is 10.3. The topological polar surface area (TPSA) is 75.3 Å². The Morgan fingerprint density at radius 3 is 2.12 bits per heavy atom. The van der Waals surface area contributed by atoms with Crippen LogP contribution in [0, 0.1) is 0 Å². The molecule has 0 atom stereocenters. The number of urea groups is 1. The van der Waals surface area contributed by atoms with E-state index in [1.54, 1.807) is 12.1 Å². The highest BCUT2D eigenvalue weighted by Crippen LogP contribution is 2.13. The molecule has 0 saturated heterocycles. The van der Waals surface area contributed by atoms with Crippen molar-refractivity contribution < 1.29 is 13.2 Å². The van der Waals surface area contributed by atoms with Crippen LogP contribution in [0.2, 0.25) is 0 Å². The fraction of sp³-hybridized carbons (Fsp3) is 0.364. The lowest BCUT2D eigenvalue weighted by Gasteiger charge is -2.10. The van der Waals surface area contributed by atoms with E-state index in [0.29, 0.717) is 5.69 Å². The second kappa shape index (κ2) is 5.18. The molecule has 0 heterocycles. The average Bonchev–Trinajstić information content (AvgIpc) is 2.15. The number of sulfone groups is 1. The minimum Gasteiger partial charge on any atom is -0.336 e. The van der Waals surface area contributed by atoms with Gasteiger partial charge in [-0.2, -0.15) is 0 Å². The highest BCUT2D eigenvalue weighted by molar-refractivity contribution is 7.90. The van der Waals surface area contributed by atoms with Gasteiger partial charge >= 0.3 is 6.03 Å². The van der Waals surface area contributed by atoms with Gasteiger partial charge in [0.05, 0.1) is 4.90 Å². The van der Waals surface area contributed by atoms with E-state index in [1.165, 1.54) is 12.1 Å². The number of carbonyl (C=O) groups is 1. The van der Waals surface area contributed by atoms with Gasteiger partial charge in [0.2, 0.25) is 0 Å². The van der Waals surface area contributed by atoms with E-state index in [-0.39, 0.29) is 17.0 Å². The van der Waals surface area contributed by atoms with Crippen molar-refractivity contribution in [2.45, 2.75) is 24.8 Å². The lowest BCUT2D eigenvalue weighted by Crippen LogP contribution is -2.34. The van der Waals surface area contributed by atoms with E-state index in [1.807, 2.05) is 13.8 Å². The molecule has 2 N–H and O–H groups in total. The van der Waals surface area contributed by atoms with Gasteiger partial charge in [0.25, 0.3) is 0 Å². The fourth-order valence-corrected chi connectivity index (χ4v) is 1.85. The van der Waals surface area contributed by atoms with Crippen molar-refractivity contribution in [3.8, 4) is 0 Å². The van der Waals surface area contributed by atoms with E-state index >= 15 is 0 Å². The predicted molar refractivity (Wildman–Crippen MR) is 66.8 cm³/mol. The number of hydrogen-bond donors (Lipinski definition) is 2. The standard InChI is InChI=1S/C11H16N2O3S/c1-8(2)12-11(14)13-9-4-6-10(7-5-9)17(3,15)16/h4-8H,1-3H3,(H2,12,13,14). The molecule has 0 aromatic heterocycles. The molecule has 0 fully saturated rings. The second-order valence-electron chi connectivity index (χ2n) is 4.05. The first kappa shape index (κ1) is 13.5. The van der Waals surface area contributed by atoms with Gasteiger partial charge < -0.3 is 10.6 Å². The Morgan fingerprint density at radius 2 is 1.71 bits per heavy atom. The molecule has 5 nitrogen and oxygen atoms in total. The molecule has 0 aliphatic rings. The van der Waals surface area contributed by atoms with Crippen molar-refractivity contribution in [1.29, 1.82) is 0 Å². The van der Waals surface area contributed by atoms with Crippen molar-refractivity contribution in [3.05, 3.63) is 24.3 Å². The van der Waals surface area contributed by atoms with E-state index in [0.717, 1.165) is 6.26 Å². The SMILES string of the molecule is CC(C)NC(=O)Nc1ccc(S(C)(=O)=O)cc1. The Labute approximate surface area is 101 Å². The van der Waals surface area contributed by atoms with Crippen LogP contribution in [0.5, 0.6) is 0 Å². The minimum atomic E-state index is -3.20. The number of amides is 2. The molecule has 0 unspecified atom stereocenters. The van der Waals surface area contributed by atoms with Crippen LogP contribution in [0.3, 0.4) is 0 Å². The molecule has 6 heteroatoms. The van der Waals surface area contributed by atoms with Crippen molar-refractivity contribution in [3.63, 3.8) is 0 Å². The van der Waals surface area contributed by atoms with Crippen molar-refractivity contribution in [1.82, 2.24) is 5.32 Å². The first-order valence-electron chi connectivity index (χ1n) is 5.16. The summed E-state index contributed by atoms with van der Waals surface area (Å²) in [7, 11) is -3.20. The first-order chi connectivity index (χ1) is 7.79. The number of rotatable bonds is 3. The Kier molecular flexibility index (Phi) is 4.11. The summed E-state index contributed by atoms with van der Waals surface area (Å²) >= 11 is 0. The maximum Gasteiger partial charge on any atom is 0.319 e. The van der Waals surface area contributed by atoms with Crippen LogP contribution in [-0.2, 0) is 9.84 Å². The van der Waals surface area contributed by atoms with Crippen LogP contribution >= 0.6 is 0 Å². The average molecular weight is 256 g/mol. The summed E-state index contributed by atoms with van der Waals surface area (Å²) in [6, 6.07) is 5.75. The molecular weight excluding hydrogens is 240 g/mol. The summed E-state index contributed by atoms with van der Waals surface area (Å²) < 4.78 is 22.4. The molecule has 0 bridgehead atoms. The van der Waals surface area contributed by atoms with E-state index in [2.05, 4.69) is 10.6 Å². The summed E-state index contributed by atoms with van der Waals surface area (Å²) in [6.07, 6.45) is 1.14. The van der Waals surface area contributed by atoms with Crippen molar-refractivity contribution in [2.75, 3.05) is 11.6 Å². The Balaban J connectivity index is 2.73. The molecule has 94 valence electrons. The summed E-state index contributed by atoms with van der Waals surface area (Å²) in [5.74, 6) is 0. The number of benzene rings is 1. The van der Waals surface area contributed by atoms with Crippen LogP contribution in [0.4, 0.5) is 10.5 Å². The zero-order chi connectivity index (χ0) is 13.1. The van der Waals surface area contributed by atoms with Crippen LogP contribution in [-0.4, -0.2) is 26.7 Å². The third-order valence-corrected chi connectivity index (χ3v) is 3.09. The van der Waals surface area contributed by atoms with Gasteiger partial charge in [0.1, 0.15) is 0 Å². The number of hydrogen-bond acceptors (Lipinski definition) is 3. The van der Waals surface area contributed by atoms with Crippen LogP contribution < -0.4 is 10.6 Å². The zero-order valence-electron chi connectivity index (χ0n) is 10.0. The van der Waals surface area contributed by atoms with Gasteiger partial charge in [-0.1, -0.05) is 0 Å². The van der Waals surface area contributed by atoms with Gasteiger partial charge in [-0.25, -0.2) is 13.2 Å². The van der Waals surface area contributed by atoms with Gasteiger partial charge in [-0.05, 0) is 38.1 Å². The minimum absolute atomic E-state index is 0.0466. The van der Waals surface area contributed by atoms with Crippen molar-refractivity contribution in [2.24, 2.45) is 0 Å². The number of carbonyl (C=O) groups excluding carboxylic acids is 1. The largest absolute Gasteiger partial charge is 0.336 e.